The van der Waals surface area contributed by atoms with Crippen molar-refractivity contribution in [2.75, 3.05) is 26.4 Å². The van der Waals surface area contributed by atoms with Gasteiger partial charge in [-0.1, -0.05) is 277 Å². The van der Waals surface area contributed by atoms with Crippen molar-refractivity contribution in [1.82, 2.24) is 5.32 Å². The molecule has 19 nitrogen and oxygen atoms in total. The topological polar surface area (TPSA) is 307 Å². The molecule has 3 heterocycles. The molecule has 0 bridgehead atoms. The molecule has 0 aromatic rings. The Kier molecular flexibility index (Phi) is 54.7. The molecule has 0 radical (unpaired) electrons. The van der Waals surface area contributed by atoms with E-state index in [2.05, 4.69) is 129 Å². The summed E-state index contributed by atoms with van der Waals surface area (Å²) in [6.07, 6.45) is 57.4. The van der Waals surface area contributed by atoms with Gasteiger partial charge in [-0.3, -0.25) is 4.79 Å². The first kappa shape index (κ1) is 90.4. The summed E-state index contributed by atoms with van der Waals surface area (Å²) in [5, 5.41) is 121. The lowest BCUT2D eigenvalue weighted by atomic mass is 9.96. The quantitative estimate of drug-likeness (QED) is 0.0199. The zero-order chi connectivity index (χ0) is 72.5. The van der Waals surface area contributed by atoms with E-state index in [0.29, 0.717) is 6.42 Å². The summed E-state index contributed by atoms with van der Waals surface area (Å²) in [5.74, 6) is -0.286. The van der Waals surface area contributed by atoms with Crippen molar-refractivity contribution in [3.05, 3.63) is 122 Å². The number of amides is 1. The molecule has 3 aliphatic rings. The molecule has 0 aliphatic carbocycles. The lowest BCUT2D eigenvalue weighted by Crippen LogP contribution is -2.66. The van der Waals surface area contributed by atoms with Crippen LogP contribution in [-0.4, -0.2) is 193 Å². The van der Waals surface area contributed by atoms with Gasteiger partial charge in [0, 0.05) is 6.42 Å². The van der Waals surface area contributed by atoms with Gasteiger partial charge < -0.3 is 89.9 Å². The highest BCUT2D eigenvalue weighted by Crippen LogP contribution is 2.33. The first-order valence-electron chi connectivity index (χ1n) is 38.8. The number of unbranched alkanes of at least 4 members (excludes halogenated alkanes) is 25. The lowest BCUT2D eigenvalue weighted by Gasteiger charge is -2.48. The van der Waals surface area contributed by atoms with Crippen LogP contribution in [0.4, 0.5) is 0 Å². The van der Waals surface area contributed by atoms with Crippen molar-refractivity contribution in [1.29, 1.82) is 0 Å². The van der Waals surface area contributed by atoms with Crippen LogP contribution < -0.4 is 5.32 Å². The molecule has 12 N–H and O–H groups in total. The van der Waals surface area contributed by atoms with Crippen molar-refractivity contribution in [2.45, 2.75) is 356 Å². The minimum Gasteiger partial charge on any atom is -0.394 e. The van der Waals surface area contributed by atoms with E-state index in [-0.39, 0.29) is 18.9 Å². The molecule has 3 rings (SSSR count). The van der Waals surface area contributed by atoms with Gasteiger partial charge in [-0.15, -0.1) is 0 Å². The Labute approximate surface area is 601 Å². The minimum atomic E-state index is -1.98. The van der Waals surface area contributed by atoms with Crippen molar-refractivity contribution < 1.29 is 89.4 Å². The Hall–Kier alpha value is -3.81. The third-order valence-corrected chi connectivity index (χ3v) is 18.5. The number of aliphatic hydroxyl groups is 11. The molecule has 0 spiro atoms. The minimum absolute atomic E-state index is 0.229. The standard InChI is InChI=1S/C81H137NO18/c1-3-5-7-9-11-13-15-17-19-21-23-24-25-26-27-28-29-30-31-32-33-34-35-36-37-38-39-40-41-43-45-47-49-51-53-55-57-59-69(87)82-64(65(86)58-56-54-52-50-48-46-44-42-22-20-18-16-14-12-10-8-6-4-2)63-95-79-75(93)72(90)77(67(61-84)97-79)100-81-76(94)73(91)78(68(62-85)98-81)99-80-74(92)71(89)70(88)66(60-83)96-80/h5,7,11,13,17,19,23-24,26-27,29-30,32-33,35-36,38-39,56,58,64-68,70-81,83-86,88-94H,3-4,6,8-10,12,14-16,18,20-22,25,28,31,34,37,40-55,57,59-63H2,1-2H3,(H,82,87)/b7-5-,13-11-,19-17-,24-23-,27-26-,30-29-,33-32-,36-35-,39-38-,58-56+. The molecule has 3 saturated heterocycles. The fourth-order valence-electron chi connectivity index (χ4n) is 12.3. The molecule has 3 aliphatic heterocycles. The Morgan fingerprint density at radius 1 is 0.370 bits per heavy atom. The van der Waals surface area contributed by atoms with Crippen LogP contribution in [0.15, 0.2) is 122 Å². The largest absolute Gasteiger partial charge is 0.394 e. The monoisotopic (exact) mass is 1410 g/mol. The molecular weight excluding hydrogens is 1270 g/mol. The molecule has 0 aromatic carbocycles. The van der Waals surface area contributed by atoms with Gasteiger partial charge in [0.1, 0.15) is 73.2 Å². The van der Waals surface area contributed by atoms with Crippen molar-refractivity contribution in [3.63, 3.8) is 0 Å². The molecule has 19 heteroatoms. The summed E-state index contributed by atoms with van der Waals surface area (Å²) in [4.78, 5) is 13.5. The van der Waals surface area contributed by atoms with Gasteiger partial charge in [0.15, 0.2) is 18.9 Å². The van der Waals surface area contributed by atoms with E-state index in [0.717, 1.165) is 116 Å². The normalized spacial score (nSPS) is 27.1. The van der Waals surface area contributed by atoms with Crippen molar-refractivity contribution in [3.8, 4) is 0 Å². The molecule has 574 valence electrons. The van der Waals surface area contributed by atoms with E-state index in [9.17, 15) is 61.0 Å². The Balaban J connectivity index is 1.37. The number of allylic oxidation sites excluding steroid dienone is 19. The molecule has 17 unspecified atom stereocenters. The zero-order valence-electron chi connectivity index (χ0n) is 61.1. The number of ether oxygens (including phenoxy) is 6. The van der Waals surface area contributed by atoms with Gasteiger partial charge in [0.05, 0.1) is 38.6 Å². The molecular formula is C81H137NO18. The van der Waals surface area contributed by atoms with Crippen LogP contribution in [0.2, 0.25) is 0 Å². The number of hydrogen-bond acceptors (Lipinski definition) is 18. The Bertz CT molecular complexity index is 2280. The van der Waals surface area contributed by atoms with Crippen molar-refractivity contribution >= 4 is 5.91 Å². The highest BCUT2D eigenvalue weighted by atomic mass is 16.8. The third kappa shape index (κ3) is 40.5. The van der Waals surface area contributed by atoms with E-state index in [4.69, 9.17) is 28.4 Å². The SMILES string of the molecule is CC/C=C\C/C=C\C/C=C\C/C=C\C/C=C\C/C=C\C/C=C\C/C=C\C/C=C\CCCCCCCCCCCC(=O)NC(COC1OC(CO)C(OC2OC(CO)C(OC3OC(CO)C(O)C(O)C3O)C(O)C2O)C(O)C1O)C(O)/C=C/CCCCCCCCCCCCCCCCCC. The maximum atomic E-state index is 13.5. The molecule has 100 heavy (non-hydrogen) atoms. The van der Waals surface area contributed by atoms with E-state index in [1.807, 2.05) is 6.08 Å². The summed E-state index contributed by atoms with van der Waals surface area (Å²) in [6.45, 7) is 1.62. The molecule has 3 fully saturated rings. The zero-order valence-corrected chi connectivity index (χ0v) is 61.1. The molecule has 17 atom stereocenters. The summed E-state index contributed by atoms with van der Waals surface area (Å²) in [6, 6.07) is -0.985. The van der Waals surface area contributed by atoms with E-state index in [1.165, 1.54) is 109 Å². The Morgan fingerprint density at radius 3 is 1.08 bits per heavy atom. The van der Waals surface area contributed by atoms with Crippen molar-refractivity contribution in [2.24, 2.45) is 0 Å². The fraction of sp³-hybridized carbons (Fsp3) is 0.741. The van der Waals surface area contributed by atoms with Crippen LogP contribution >= 0.6 is 0 Å². The summed E-state index contributed by atoms with van der Waals surface area (Å²) < 4.78 is 34.4. The third-order valence-electron chi connectivity index (χ3n) is 18.5. The van der Waals surface area contributed by atoms with Crippen LogP contribution in [-0.2, 0) is 33.2 Å². The van der Waals surface area contributed by atoms with E-state index >= 15 is 0 Å². The number of hydrogen-bond donors (Lipinski definition) is 12. The maximum Gasteiger partial charge on any atom is 0.220 e. The number of nitrogens with one attached hydrogen (secondary N) is 1. The van der Waals surface area contributed by atoms with E-state index in [1.54, 1.807) is 6.08 Å². The van der Waals surface area contributed by atoms with Gasteiger partial charge in [-0.25, -0.2) is 0 Å². The molecule has 1 amide bonds. The number of carbonyl (C=O) groups is 1. The fourth-order valence-corrected chi connectivity index (χ4v) is 12.3. The second kappa shape index (κ2) is 60.5. The second-order valence-electron chi connectivity index (χ2n) is 27.1. The summed E-state index contributed by atoms with van der Waals surface area (Å²) in [5.41, 5.74) is 0. The average molecular weight is 1410 g/mol. The predicted octanol–water partition coefficient (Wildman–Crippen LogP) is 12.3. The summed E-state index contributed by atoms with van der Waals surface area (Å²) in [7, 11) is 0. The van der Waals surface area contributed by atoms with Crippen LogP contribution in [0.5, 0.6) is 0 Å². The van der Waals surface area contributed by atoms with E-state index < -0.39 is 124 Å². The lowest BCUT2D eigenvalue weighted by molar-refractivity contribution is -0.379. The number of aliphatic hydroxyl groups excluding tert-OH is 11. The van der Waals surface area contributed by atoms with Crippen LogP contribution in [0.25, 0.3) is 0 Å². The smallest absolute Gasteiger partial charge is 0.220 e. The number of rotatable bonds is 59. The van der Waals surface area contributed by atoms with Crippen LogP contribution in [0.3, 0.4) is 0 Å². The highest BCUT2D eigenvalue weighted by molar-refractivity contribution is 5.76. The summed E-state index contributed by atoms with van der Waals surface area (Å²) >= 11 is 0. The number of carbonyl (C=O) groups excluding carboxylic acids is 1. The first-order valence-corrected chi connectivity index (χ1v) is 38.8. The van der Waals surface area contributed by atoms with Gasteiger partial charge >= 0.3 is 0 Å². The maximum absolute atomic E-state index is 13.5. The van der Waals surface area contributed by atoms with Gasteiger partial charge in [-0.2, -0.15) is 0 Å². The Morgan fingerprint density at radius 2 is 0.690 bits per heavy atom. The second-order valence-corrected chi connectivity index (χ2v) is 27.1. The van der Waals surface area contributed by atoms with Gasteiger partial charge in [0.2, 0.25) is 5.91 Å². The predicted molar refractivity (Wildman–Crippen MR) is 397 cm³/mol. The molecule has 0 aromatic heterocycles. The van der Waals surface area contributed by atoms with Gasteiger partial charge in [0.25, 0.3) is 0 Å². The highest BCUT2D eigenvalue weighted by Gasteiger charge is 2.53. The molecule has 0 saturated carbocycles. The average Bonchev–Trinajstić information content (AvgIpc) is 0.783. The first-order chi connectivity index (χ1) is 48.8. The van der Waals surface area contributed by atoms with Crippen LogP contribution in [0.1, 0.15) is 251 Å². The van der Waals surface area contributed by atoms with Crippen LogP contribution in [0, 0.1) is 0 Å². The van der Waals surface area contributed by atoms with Gasteiger partial charge in [-0.05, 0) is 89.9 Å².